The minimum atomic E-state index is 0.154. The lowest BCUT2D eigenvalue weighted by Gasteiger charge is -2.24. The second kappa shape index (κ2) is 9.84. The zero-order chi connectivity index (χ0) is 24.2. The second-order valence-corrected chi connectivity index (χ2v) is 8.73. The molecule has 1 aliphatic heterocycles. The highest BCUT2D eigenvalue weighted by molar-refractivity contribution is 6.03. The second-order valence-electron chi connectivity index (χ2n) is 8.73. The summed E-state index contributed by atoms with van der Waals surface area (Å²) in [5, 5.41) is 12.7. The summed E-state index contributed by atoms with van der Waals surface area (Å²) in [7, 11) is 0. The van der Waals surface area contributed by atoms with E-state index in [-0.39, 0.29) is 6.04 Å². The van der Waals surface area contributed by atoms with E-state index in [1.54, 1.807) is 6.20 Å². The summed E-state index contributed by atoms with van der Waals surface area (Å²) < 4.78 is 0. The first-order valence-electron chi connectivity index (χ1n) is 12.1. The van der Waals surface area contributed by atoms with Crippen LogP contribution in [0.25, 0.3) is 10.9 Å². The molecule has 0 aliphatic carbocycles. The van der Waals surface area contributed by atoms with Crippen LogP contribution in [0.15, 0.2) is 132 Å². The van der Waals surface area contributed by atoms with Gasteiger partial charge in [0.25, 0.3) is 0 Å². The molecule has 0 amide bonds. The first-order chi connectivity index (χ1) is 17.8. The molecular formula is C31H25N5. The number of anilines is 2. The largest absolute Gasteiger partial charge is 0.276 e. The molecule has 1 aromatic heterocycles. The van der Waals surface area contributed by atoms with E-state index in [1.807, 2.05) is 42.6 Å². The number of pyridine rings is 1. The Morgan fingerprint density at radius 3 is 2.33 bits per heavy atom. The van der Waals surface area contributed by atoms with Gasteiger partial charge in [-0.15, -0.1) is 0 Å². The Morgan fingerprint density at radius 2 is 1.53 bits per heavy atom. The molecule has 174 valence electrons. The van der Waals surface area contributed by atoms with Gasteiger partial charge in [-0.2, -0.15) is 10.2 Å². The van der Waals surface area contributed by atoms with Gasteiger partial charge in [-0.25, -0.2) is 0 Å². The summed E-state index contributed by atoms with van der Waals surface area (Å²) in [6.07, 6.45) is 4.48. The molecule has 6 rings (SSSR count). The van der Waals surface area contributed by atoms with Crippen LogP contribution in [0.3, 0.4) is 0 Å². The number of nitrogens with one attached hydrogen (secondary N) is 1. The zero-order valence-corrected chi connectivity index (χ0v) is 19.7. The van der Waals surface area contributed by atoms with Gasteiger partial charge < -0.3 is 0 Å². The topological polar surface area (TPSA) is 52.9 Å². The van der Waals surface area contributed by atoms with Crippen molar-refractivity contribution in [2.75, 3.05) is 10.4 Å². The maximum Gasteiger partial charge on any atom is 0.0951 e. The SMILES string of the molecule is C(=N/Nc1cccc2cccnc12)/c1ccc(N2N=C(c3ccccc3)C[C@@H]2c2ccccc2)cc1. The number of nitrogens with zero attached hydrogens (tertiary/aromatic N) is 4. The number of benzene rings is 4. The number of hydrogen-bond acceptors (Lipinski definition) is 5. The molecule has 1 atom stereocenters. The molecule has 5 heteroatoms. The van der Waals surface area contributed by atoms with Crippen LogP contribution in [-0.2, 0) is 0 Å². The minimum absolute atomic E-state index is 0.154. The van der Waals surface area contributed by atoms with Crippen LogP contribution < -0.4 is 10.4 Å². The highest BCUT2D eigenvalue weighted by Crippen LogP contribution is 2.36. The highest BCUT2D eigenvalue weighted by atomic mass is 15.5. The lowest BCUT2D eigenvalue weighted by Crippen LogP contribution is -2.18. The molecule has 0 unspecified atom stereocenters. The molecular weight excluding hydrogens is 442 g/mol. The van der Waals surface area contributed by atoms with Crippen molar-refractivity contribution < 1.29 is 0 Å². The van der Waals surface area contributed by atoms with E-state index >= 15 is 0 Å². The Morgan fingerprint density at radius 1 is 0.778 bits per heavy atom. The normalized spacial score (nSPS) is 15.4. The molecule has 1 N–H and O–H groups in total. The van der Waals surface area contributed by atoms with E-state index in [4.69, 9.17) is 5.10 Å². The van der Waals surface area contributed by atoms with Gasteiger partial charge in [-0.1, -0.05) is 91.0 Å². The van der Waals surface area contributed by atoms with Crippen LogP contribution in [0.2, 0.25) is 0 Å². The summed E-state index contributed by atoms with van der Waals surface area (Å²) in [6.45, 7) is 0. The van der Waals surface area contributed by atoms with Gasteiger partial charge in [0.05, 0.1) is 34.9 Å². The summed E-state index contributed by atoms with van der Waals surface area (Å²) >= 11 is 0. The third kappa shape index (κ3) is 4.46. The molecule has 5 nitrogen and oxygen atoms in total. The van der Waals surface area contributed by atoms with Crippen molar-refractivity contribution in [3.63, 3.8) is 0 Å². The Labute approximate surface area is 210 Å². The molecule has 0 radical (unpaired) electrons. The minimum Gasteiger partial charge on any atom is -0.276 e. The van der Waals surface area contributed by atoms with Crippen molar-refractivity contribution in [2.45, 2.75) is 12.5 Å². The first kappa shape index (κ1) is 21.7. The Bertz CT molecular complexity index is 1520. The van der Waals surface area contributed by atoms with Gasteiger partial charge in [0.1, 0.15) is 0 Å². The maximum absolute atomic E-state index is 5.04. The Hall–Kier alpha value is -4.77. The van der Waals surface area contributed by atoms with Gasteiger partial charge >= 0.3 is 0 Å². The number of hydrogen-bond donors (Lipinski definition) is 1. The lowest BCUT2D eigenvalue weighted by molar-refractivity contribution is 0.709. The van der Waals surface area contributed by atoms with Crippen LogP contribution in [0.4, 0.5) is 11.4 Å². The fourth-order valence-corrected chi connectivity index (χ4v) is 4.57. The van der Waals surface area contributed by atoms with Crippen LogP contribution >= 0.6 is 0 Å². The fraction of sp³-hybridized carbons (Fsp3) is 0.0645. The summed E-state index contributed by atoms with van der Waals surface area (Å²) in [4.78, 5) is 4.47. The molecule has 1 aliphatic rings. The smallest absolute Gasteiger partial charge is 0.0951 e. The van der Waals surface area contributed by atoms with E-state index in [0.29, 0.717) is 0 Å². The maximum atomic E-state index is 5.04. The number of hydrazone groups is 2. The van der Waals surface area contributed by atoms with Gasteiger partial charge in [0.15, 0.2) is 0 Å². The number of aromatic nitrogens is 1. The zero-order valence-electron chi connectivity index (χ0n) is 19.7. The fourth-order valence-electron chi connectivity index (χ4n) is 4.57. The van der Waals surface area contributed by atoms with Crippen LogP contribution in [0.1, 0.15) is 29.2 Å². The van der Waals surface area contributed by atoms with E-state index in [0.717, 1.165) is 40.0 Å². The monoisotopic (exact) mass is 467 g/mol. The third-order valence-corrected chi connectivity index (χ3v) is 6.39. The molecule has 0 fully saturated rings. The predicted octanol–water partition coefficient (Wildman–Crippen LogP) is 7.04. The van der Waals surface area contributed by atoms with E-state index < -0.39 is 0 Å². The lowest BCUT2D eigenvalue weighted by atomic mass is 9.98. The van der Waals surface area contributed by atoms with Crippen LogP contribution in [0, 0.1) is 0 Å². The van der Waals surface area contributed by atoms with Crippen molar-refractivity contribution in [3.05, 3.63) is 138 Å². The molecule has 0 saturated heterocycles. The van der Waals surface area contributed by atoms with Crippen LogP contribution in [0.5, 0.6) is 0 Å². The summed E-state index contributed by atoms with van der Waals surface area (Å²) in [5.41, 5.74) is 10.5. The van der Waals surface area contributed by atoms with Crippen LogP contribution in [-0.4, -0.2) is 16.9 Å². The first-order valence-corrected chi connectivity index (χ1v) is 12.1. The molecule has 2 heterocycles. The van der Waals surface area contributed by atoms with Crippen molar-refractivity contribution in [1.29, 1.82) is 0 Å². The number of para-hydroxylation sites is 1. The van der Waals surface area contributed by atoms with Gasteiger partial charge in [-0.3, -0.25) is 15.4 Å². The molecule has 4 aromatic carbocycles. The standard InChI is InChI=1S/C31H25N5/c1-3-9-24(10-4-1)29-21-30(25-11-5-2-6-12-25)36(35-29)27-18-16-23(17-19-27)22-33-34-28-15-7-13-26-14-8-20-32-31(26)28/h1-20,22,30,34H,21H2/b33-22-/t30-/m1/s1. The Balaban J connectivity index is 1.23. The van der Waals surface area contributed by atoms with Crippen molar-refractivity contribution in [3.8, 4) is 0 Å². The number of rotatable bonds is 6. The van der Waals surface area contributed by atoms with Gasteiger partial charge in [0, 0.05) is 18.0 Å². The van der Waals surface area contributed by atoms with E-state index in [2.05, 4.69) is 99.4 Å². The predicted molar refractivity (Wildman–Crippen MR) is 149 cm³/mol. The summed E-state index contributed by atoms with van der Waals surface area (Å²) in [6, 6.07) is 39.5. The quantitative estimate of drug-likeness (QED) is 0.215. The number of fused-ring (bicyclic) bond motifs is 1. The molecule has 5 aromatic rings. The van der Waals surface area contributed by atoms with Crippen molar-refractivity contribution in [2.24, 2.45) is 10.2 Å². The molecule has 0 bridgehead atoms. The molecule has 0 saturated carbocycles. The third-order valence-electron chi connectivity index (χ3n) is 6.39. The molecule has 0 spiro atoms. The Kier molecular flexibility index (Phi) is 5.94. The van der Waals surface area contributed by atoms with Crippen molar-refractivity contribution in [1.82, 2.24) is 4.98 Å². The van der Waals surface area contributed by atoms with E-state index in [9.17, 15) is 0 Å². The molecule has 36 heavy (non-hydrogen) atoms. The summed E-state index contributed by atoms with van der Waals surface area (Å²) in [5.74, 6) is 0. The average molecular weight is 468 g/mol. The van der Waals surface area contributed by atoms with Gasteiger partial charge in [0.2, 0.25) is 0 Å². The van der Waals surface area contributed by atoms with E-state index in [1.165, 1.54) is 11.1 Å². The highest BCUT2D eigenvalue weighted by Gasteiger charge is 2.29. The van der Waals surface area contributed by atoms with Gasteiger partial charge in [-0.05, 0) is 41.0 Å². The van der Waals surface area contributed by atoms with Crippen molar-refractivity contribution >= 4 is 34.2 Å². The average Bonchev–Trinajstić information content (AvgIpc) is 3.40.